The largest absolute Gasteiger partial charge is 0.369 e. The van der Waals surface area contributed by atoms with E-state index >= 15 is 0 Å². The summed E-state index contributed by atoms with van der Waals surface area (Å²) in [6.07, 6.45) is 2.88. The molecule has 0 aromatic heterocycles. The minimum atomic E-state index is -0.306. The first-order valence-electron chi connectivity index (χ1n) is 7.40. The highest BCUT2D eigenvalue weighted by Gasteiger charge is 2.34. The summed E-state index contributed by atoms with van der Waals surface area (Å²) in [4.78, 5) is 25.7. The fraction of sp³-hybridized carbons (Fsp3) is 0.412. The van der Waals surface area contributed by atoms with Crippen LogP contribution in [-0.4, -0.2) is 23.7 Å². The lowest BCUT2D eigenvalue weighted by Crippen LogP contribution is -2.45. The first-order chi connectivity index (χ1) is 10.3. The summed E-state index contributed by atoms with van der Waals surface area (Å²) in [5, 5.41) is 1.98. The van der Waals surface area contributed by atoms with E-state index in [9.17, 15) is 9.59 Å². The lowest BCUT2D eigenvalue weighted by atomic mass is 9.80. The molecule has 1 aromatic rings. The number of anilines is 1. The van der Waals surface area contributed by atoms with E-state index in [1.165, 1.54) is 11.3 Å². The van der Waals surface area contributed by atoms with E-state index in [1.54, 1.807) is 6.08 Å². The van der Waals surface area contributed by atoms with Crippen molar-refractivity contribution in [3.05, 3.63) is 34.2 Å². The molecule has 1 fully saturated rings. The SMILES string of the molecule is CC1CC(C)(C)N(C)c2ccc(/C=C3\SC(=O)NC3=O)cc21. The molecule has 0 radical (unpaired) electrons. The highest BCUT2D eigenvalue weighted by molar-refractivity contribution is 8.18. The molecule has 0 saturated carbocycles. The van der Waals surface area contributed by atoms with E-state index in [4.69, 9.17) is 0 Å². The van der Waals surface area contributed by atoms with Gasteiger partial charge in [-0.3, -0.25) is 14.9 Å². The van der Waals surface area contributed by atoms with E-state index in [2.05, 4.69) is 50.2 Å². The van der Waals surface area contributed by atoms with Gasteiger partial charge in [0.25, 0.3) is 11.1 Å². The Hall–Kier alpha value is -1.75. The summed E-state index contributed by atoms with van der Waals surface area (Å²) in [5.74, 6) is 0.158. The number of amides is 2. The standard InChI is InChI=1S/C17H20N2O2S/c1-10-9-17(2,3)19(4)13-6-5-11(7-12(10)13)8-14-15(20)18-16(21)22-14/h5-8,10H,9H2,1-4H3,(H,18,20,21)/b14-8-. The number of hydrogen-bond donors (Lipinski definition) is 1. The van der Waals surface area contributed by atoms with Gasteiger partial charge >= 0.3 is 0 Å². The molecular formula is C17H20N2O2S. The number of nitrogens with one attached hydrogen (secondary N) is 1. The Morgan fingerprint density at radius 1 is 1.36 bits per heavy atom. The van der Waals surface area contributed by atoms with Gasteiger partial charge in [-0.15, -0.1) is 0 Å². The van der Waals surface area contributed by atoms with Gasteiger partial charge < -0.3 is 4.90 Å². The van der Waals surface area contributed by atoms with Gasteiger partial charge in [0.15, 0.2) is 0 Å². The zero-order chi connectivity index (χ0) is 16.1. The molecular weight excluding hydrogens is 296 g/mol. The number of carbonyl (C=O) groups is 2. The van der Waals surface area contributed by atoms with Gasteiger partial charge in [-0.2, -0.15) is 0 Å². The van der Waals surface area contributed by atoms with Crippen molar-refractivity contribution in [2.45, 2.75) is 38.6 Å². The molecule has 3 rings (SSSR count). The minimum Gasteiger partial charge on any atom is -0.369 e. The Morgan fingerprint density at radius 3 is 2.73 bits per heavy atom. The maximum absolute atomic E-state index is 11.7. The first kappa shape index (κ1) is 15.2. The number of imide groups is 1. The zero-order valence-electron chi connectivity index (χ0n) is 13.3. The fourth-order valence-corrected chi connectivity index (χ4v) is 3.94. The molecule has 2 aliphatic heterocycles. The van der Waals surface area contributed by atoms with Crippen molar-refractivity contribution in [1.29, 1.82) is 0 Å². The molecule has 2 amide bonds. The quantitative estimate of drug-likeness (QED) is 0.802. The van der Waals surface area contributed by atoms with E-state index in [0.717, 1.165) is 23.7 Å². The highest BCUT2D eigenvalue weighted by atomic mass is 32.2. The van der Waals surface area contributed by atoms with Crippen LogP contribution < -0.4 is 10.2 Å². The molecule has 116 valence electrons. The maximum Gasteiger partial charge on any atom is 0.290 e. The molecule has 1 unspecified atom stereocenters. The van der Waals surface area contributed by atoms with Crippen LogP contribution in [0.1, 0.15) is 44.2 Å². The van der Waals surface area contributed by atoms with Gasteiger partial charge in [-0.05, 0) is 67.3 Å². The topological polar surface area (TPSA) is 49.4 Å². The normalized spacial score (nSPS) is 25.4. The number of nitrogens with zero attached hydrogens (tertiary/aromatic N) is 1. The van der Waals surface area contributed by atoms with Gasteiger partial charge in [0.05, 0.1) is 4.91 Å². The number of thioether (sulfide) groups is 1. The number of fused-ring (bicyclic) bond motifs is 1. The molecule has 1 N–H and O–H groups in total. The third kappa shape index (κ3) is 2.54. The lowest BCUT2D eigenvalue weighted by molar-refractivity contribution is -0.115. The Labute approximate surface area is 135 Å². The average molecular weight is 316 g/mol. The number of rotatable bonds is 1. The van der Waals surface area contributed by atoms with Crippen LogP contribution >= 0.6 is 11.8 Å². The second-order valence-electron chi connectivity index (χ2n) is 6.65. The molecule has 1 aromatic carbocycles. The van der Waals surface area contributed by atoms with Crippen molar-refractivity contribution in [3.8, 4) is 0 Å². The molecule has 0 spiro atoms. The summed E-state index contributed by atoms with van der Waals surface area (Å²) in [5.41, 5.74) is 3.64. The van der Waals surface area contributed by atoms with Crippen molar-refractivity contribution in [1.82, 2.24) is 5.32 Å². The van der Waals surface area contributed by atoms with Crippen LogP contribution in [0.2, 0.25) is 0 Å². The maximum atomic E-state index is 11.7. The first-order valence-corrected chi connectivity index (χ1v) is 8.22. The molecule has 1 atom stereocenters. The number of hydrogen-bond acceptors (Lipinski definition) is 4. The predicted molar refractivity (Wildman–Crippen MR) is 91.1 cm³/mol. The van der Waals surface area contributed by atoms with E-state index in [0.29, 0.717) is 10.8 Å². The van der Waals surface area contributed by atoms with Crippen LogP contribution in [0.25, 0.3) is 6.08 Å². The van der Waals surface area contributed by atoms with Crippen molar-refractivity contribution < 1.29 is 9.59 Å². The molecule has 0 aliphatic carbocycles. The van der Waals surface area contributed by atoms with Crippen molar-refractivity contribution >= 4 is 34.7 Å². The summed E-state index contributed by atoms with van der Waals surface area (Å²) < 4.78 is 0. The zero-order valence-corrected chi connectivity index (χ0v) is 14.1. The van der Waals surface area contributed by atoms with Gasteiger partial charge in [0, 0.05) is 18.3 Å². The van der Waals surface area contributed by atoms with Crippen molar-refractivity contribution in [2.75, 3.05) is 11.9 Å². The predicted octanol–water partition coefficient (Wildman–Crippen LogP) is 3.73. The third-order valence-electron chi connectivity index (χ3n) is 4.60. The van der Waals surface area contributed by atoms with Gasteiger partial charge in [0.1, 0.15) is 0 Å². The Kier molecular flexibility index (Phi) is 3.56. The van der Waals surface area contributed by atoms with Crippen LogP contribution in [-0.2, 0) is 4.79 Å². The van der Waals surface area contributed by atoms with Crippen LogP contribution in [0.4, 0.5) is 10.5 Å². The second kappa shape index (κ2) is 5.16. The van der Waals surface area contributed by atoms with Crippen LogP contribution in [0.5, 0.6) is 0 Å². The average Bonchev–Trinajstić information content (AvgIpc) is 2.74. The van der Waals surface area contributed by atoms with Crippen LogP contribution in [0.15, 0.2) is 23.1 Å². The summed E-state index contributed by atoms with van der Waals surface area (Å²) in [7, 11) is 2.13. The van der Waals surface area contributed by atoms with E-state index < -0.39 is 0 Å². The Morgan fingerprint density at radius 2 is 2.09 bits per heavy atom. The summed E-state index contributed by atoms with van der Waals surface area (Å²) in [6, 6.07) is 6.25. The molecule has 5 heteroatoms. The third-order valence-corrected chi connectivity index (χ3v) is 5.41. The molecule has 1 saturated heterocycles. The van der Waals surface area contributed by atoms with Crippen LogP contribution in [0, 0.1) is 0 Å². The monoisotopic (exact) mass is 316 g/mol. The van der Waals surface area contributed by atoms with E-state index in [1.807, 2.05) is 6.07 Å². The van der Waals surface area contributed by atoms with Crippen LogP contribution in [0.3, 0.4) is 0 Å². The number of benzene rings is 1. The summed E-state index contributed by atoms with van der Waals surface area (Å²) >= 11 is 0.958. The second-order valence-corrected chi connectivity index (χ2v) is 7.66. The molecule has 4 nitrogen and oxygen atoms in total. The summed E-state index contributed by atoms with van der Waals surface area (Å²) in [6.45, 7) is 6.76. The Balaban J connectivity index is 1.98. The van der Waals surface area contributed by atoms with Gasteiger partial charge in [-0.1, -0.05) is 13.0 Å². The lowest BCUT2D eigenvalue weighted by Gasteiger charge is -2.45. The molecule has 22 heavy (non-hydrogen) atoms. The minimum absolute atomic E-state index is 0.139. The van der Waals surface area contributed by atoms with Crippen molar-refractivity contribution in [2.24, 2.45) is 0 Å². The van der Waals surface area contributed by atoms with Gasteiger partial charge in [-0.25, -0.2) is 0 Å². The molecule has 0 bridgehead atoms. The number of carbonyl (C=O) groups excluding carboxylic acids is 2. The van der Waals surface area contributed by atoms with E-state index in [-0.39, 0.29) is 16.7 Å². The van der Waals surface area contributed by atoms with Gasteiger partial charge in [0.2, 0.25) is 0 Å². The Bertz CT molecular complexity index is 694. The molecule has 2 aliphatic rings. The molecule has 2 heterocycles. The highest BCUT2D eigenvalue weighted by Crippen LogP contribution is 2.43. The smallest absolute Gasteiger partial charge is 0.290 e. The van der Waals surface area contributed by atoms with Crippen molar-refractivity contribution in [3.63, 3.8) is 0 Å². The fourth-order valence-electron chi connectivity index (χ4n) is 3.26.